The van der Waals surface area contributed by atoms with Crippen LogP contribution in [-0.4, -0.2) is 14.8 Å². The number of hydrogen-bond acceptors (Lipinski definition) is 3. The van der Waals surface area contributed by atoms with Crippen molar-refractivity contribution in [1.82, 2.24) is 14.8 Å². The Morgan fingerprint density at radius 1 is 0.944 bits per heavy atom. The van der Waals surface area contributed by atoms with Crippen LogP contribution in [0.15, 0.2) is 78.9 Å². The van der Waals surface area contributed by atoms with Crippen molar-refractivity contribution in [2.45, 2.75) is 19.7 Å². The van der Waals surface area contributed by atoms with Crippen LogP contribution in [0.1, 0.15) is 16.8 Å². The van der Waals surface area contributed by atoms with E-state index in [4.69, 9.17) is 16.3 Å². The van der Waals surface area contributed by atoms with E-state index in [9.17, 15) is 17.6 Å². The van der Waals surface area contributed by atoms with Crippen LogP contribution in [0.3, 0.4) is 0 Å². The van der Waals surface area contributed by atoms with Gasteiger partial charge in [-0.3, -0.25) is 0 Å². The predicted octanol–water partition coefficient (Wildman–Crippen LogP) is 7.79. The molecule has 0 saturated carbocycles. The molecule has 0 aliphatic rings. The Bertz CT molecular complexity index is 1550. The highest BCUT2D eigenvalue weighted by atomic mass is 35.5. The molecule has 3 aromatic carbocycles. The number of ether oxygens (including phenoxy) is 1. The number of alkyl halides is 3. The summed E-state index contributed by atoms with van der Waals surface area (Å²) in [5.41, 5.74) is 0.997. The van der Waals surface area contributed by atoms with E-state index in [0.717, 1.165) is 6.07 Å². The van der Waals surface area contributed by atoms with E-state index in [1.165, 1.54) is 17.7 Å². The lowest BCUT2D eigenvalue weighted by Crippen LogP contribution is -2.08. The van der Waals surface area contributed by atoms with Gasteiger partial charge in [-0.15, -0.1) is 0 Å². The van der Waals surface area contributed by atoms with Crippen LogP contribution < -0.4 is 4.74 Å². The minimum atomic E-state index is -4.61. The normalized spacial score (nSPS) is 11.7. The number of benzene rings is 3. The second kappa shape index (κ2) is 9.28. The summed E-state index contributed by atoms with van der Waals surface area (Å²) in [5.74, 6) is 0.0695. The highest BCUT2D eigenvalue weighted by molar-refractivity contribution is 6.30. The second-order valence-corrected chi connectivity index (χ2v) is 8.57. The van der Waals surface area contributed by atoms with Crippen molar-refractivity contribution in [2.75, 3.05) is 0 Å². The number of fused-ring (bicyclic) bond motifs is 1. The monoisotopic (exact) mass is 511 g/mol. The number of hydrogen-bond donors (Lipinski definition) is 0. The molecule has 5 aromatic rings. The fourth-order valence-electron chi connectivity index (χ4n) is 3.92. The Morgan fingerprint density at radius 2 is 1.64 bits per heavy atom. The van der Waals surface area contributed by atoms with E-state index < -0.39 is 11.7 Å². The summed E-state index contributed by atoms with van der Waals surface area (Å²) in [6, 6.07) is 20.3. The highest BCUT2D eigenvalue weighted by Gasteiger charge is 2.35. The maximum atomic E-state index is 14.1. The quantitative estimate of drug-likeness (QED) is 0.226. The lowest BCUT2D eigenvalue weighted by molar-refractivity contribution is -0.136. The molecule has 0 fully saturated rings. The van der Waals surface area contributed by atoms with Gasteiger partial charge in [0.2, 0.25) is 0 Å². The molecule has 0 atom stereocenters. The molecule has 4 nitrogen and oxygen atoms in total. The van der Waals surface area contributed by atoms with Crippen molar-refractivity contribution in [1.29, 1.82) is 0 Å². The molecule has 0 unspecified atom stereocenters. The number of nitrogens with zero attached hydrogens (tertiary/aromatic N) is 3. The molecule has 0 saturated heterocycles. The summed E-state index contributed by atoms with van der Waals surface area (Å²) in [4.78, 5) is 4.55. The van der Waals surface area contributed by atoms with Gasteiger partial charge < -0.3 is 4.74 Å². The molecule has 9 heteroatoms. The summed E-state index contributed by atoms with van der Waals surface area (Å²) in [5, 5.41) is 4.76. The van der Waals surface area contributed by atoms with Gasteiger partial charge in [0.05, 0.1) is 28.0 Å². The van der Waals surface area contributed by atoms with Crippen LogP contribution in [0.4, 0.5) is 17.6 Å². The molecular weight excluding hydrogens is 494 g/mol. The van der Waals surface area contributed by atoms with Gasteiger partial charge in [0.25, 0.3) is 0 Å². The van der Waals surface area contributed by atoms with Crippen molar-refractivity contribution in [3.63, 3.8) is 0 Å². The molecule has 0 spiro atoms. The summed E-state index contributed by atoms with van der Waals surface area (Å²) in [6.07, 6.45) is -4.61. The molecule has 0 amide bonds. The van der Waals surface area contributed by atoms with Crippen molar-refractivity contribution >= 4 is 22.6 Å². The third-order valence-corrected chi connectivity index (χ3v) is 5.94. The number of halogens is 5. The van der Waals surface area contributed by atoms with E-state index in [1.807, 2.05) is 0 Å². The summed E-state index contributed by atoms with van der Waals surface area (Å²) >= 11 is 5.97. The van der Waals surface area contributed by atoms with E-state index >= 15 is 0 Å². The average molecular weight is 512 g/mol. The lowest BCUT2D eigenvalue weighted by Gasteiger charge is -2.12. The second-order valence-electron chi connectivity index (χ2n) is 8.13. The molecule has 2 heterocycles. The smallest absolute Gasteiger partial charge is 0.417 e. The topological polar surface area (TPSA) is 39.9 Å². The SMILES string of the molecule is Cc1nn(-c2ccc(Cl)cc2)c2nc(-c3ccc(OCc4ccccc4F)cc3)cc(C(F)(F)F)c12. The first-order valence-corrected chi connectivity index (χ1v) is 11.3. The summed E-state index contributed by atoms with van der Waals surface area (Å²) < 4.78 is 63.1. The third-order valence-electron chi connectivity index (χ3n) is 5.69. The largest absolute Gasteiger partial charge is 0.489 e. The molecule has 0 radical (unpaired) electrons. The molecule has 182 valence electrons. The minimum Gasteiger partial charge on any atom is -0.489 e. The first kappa shape index (κ1) is 23.8. The van der Waals surface area contributed by atoms with Gasteiger partial charge in [-0.2, -0.15) is 18.3 Å². The molecule has 2 aromatic heterocycles. The van der Waals surface area contributed by atoms with Crippen molar-refractivity contribution < 1.29 is 22.3 Å². The van der Waals surface area contributed by atoms with E-state index in [0.29, 0.717) is 27.6 Å². The number of aryl methyl sites for hydroxylation is 1. The Morgan fingerprint density at radius 3 is 2.31 bits per heavy atom. The molecule has 0 bridgehead atoms. The van der Waals surface area contributed by atoms with Crippen LogP contribution in [0, 0.1) is 12.7 Å². The summed E-state index contributed by atoms with van der Waals surface area (Å²) in [6.45, 7) is 1.54. The van der Waals surface area contributed by atoms with Crippen LogP contribution in [0.5, 0.6) is 5.75 Å². The maximum Gasteiger partial charge on any atom is 0.417 e. The fourth-order valence-corrected chi connectivity index (χ4v) is 4.05. The minimum absolute atomic E-state index is 0.0218. The van der Waals surface area contributed by atoms with Crippen molar-refractivity contribution in [3.05, 3.63) is 107 Å². The van der Waals surface area contributed by atoms with Gasteiger partial charge in [-0.25, -0.2) is 14.1 Å². The Kier molecular flexibility index (Phi) is 6.14. The van der Waals surface area contributed by atoms with Gasteiger partial charge >= 0.3 is 6.18 Å². The van der Waals surface area contributed by atoms with E-state index in [-0.39, 0.29) is 34.8 Å². The molecule has 36 heavy (non-hydrogen) atoms. The number of pyridine rings is 1. The van der Waals surface area contributed by atoms with Crippen LogP contribution in [0.2, 0.25) is 5.02 Å². The number of aromatic nitrogens is 3. The highest BCUT2D eigenvalue weighted by Crippen LogP contribution is 2.39. The van der Waals surface area contributed by atoms with Crippen LogP contribution >= 0.6 is 11.6 Å². The molecule has 5 rings (SSSR count). The van der Waals surface area contributed by atoms with E-state index in [1.54, 1.807) is 66.7 Å². The molecule has 0 aliphatic heterocycles. The standard InChI is InChI=1S/C27H18ClF4N3O/c1-16-25-22(27(30,31)32)14-24(33-26(25)35(34-16)20-10-8-19(28)9-11-20)17-6-12-21(13-7-17)36-15-18-4-2-3-5-23(18)29/h2-14H,15H2,1H3. The van der Waals surface area contributed by atoms with Crippen molar-refractivity contribution in [2.24, 2.45) is 0 Å². The zero-order valence-electron chi connectivity index (χ0n) is 18.9. The van der Waals surface area contributed by atoms with Gasteiger partial charge in [0, 0.05) is 16.1 Å². The third kappa shape index (κ3) is 4.64. The van der Waals surface area contributed by atoms with Crippen molar-refractivity contribution in [3.8, 4) is 22.7 Å². The zero-order chi connectivity index (χ0) is 25.4. The summed E-state index contributed by atoms with van der Waals surface area (Å²) in [7, 11) is 0. The molecule has 0 N–H and O–H groups in total. The molecular formula is C27H18ClF4N3O. The maximum absolute atomic E-state index is 14.1. The van der Waals surface area contributed by atoms with E-state index in [2.05, 4.69) is 10.1 Å². The lowest BCUT2D eigenvalue weighted by atomic mass is 10.0. The Labute approximate surface area is 208 Å². The van der Waals surface area contributed by atoms with Crippen LogP contribution in [0.25, 0.3) is 28.0 Å². The Balaban J connectivity index is 1.54. The number of rotatable bonds is 5. The van der Waals surface area contributed by atoms with Crippen LogP contribution in [-0.2, 0) is 12.8 Å². The van der Waals surface area contributed by atoms with Gasteiger partial charge in [-0.05, 0) is 67.6 Å². The Hall–Kier alpha value is -3.91. The predicted molar refractivity (Wildman–Crippen MR) is 130 cm³/mol. The first-order chi connectivity index (χ1) is 17.2. The zero-order valence-corrected chi connectivity index (χ0v) is 19.6. The average Bonchev–Trinajstić information content (AvgIpc) is 3.19. The van der Waals surface area contributed by atoms with Gasteiger partial charge in [0.1, 0.15) is 18.2 Å². The van der Waals surface area contributed by atoms with Gasteiger partial charge in [-0.1, -0.05) is 29.8 Å². The van der Waals surface area contributed by atoms with Gasteiger partial charge in [0.15, 0.2) is 5.65 Å². The fraction of sp³-hybridized carbons (Fsp3) is 0.111. The first-order valence-electron chi connectivity index (χ1n) is 10.9. The molecule has 0 aliphatic carbocycles.